The fraction of sp³-hybridized carbons (Fsp3) is 0.562. The van der Waals surface area contributed by atoms with Crippen LogP contribution in [0.3, 0.4) is 0 Å². The van der Waals surface area contributed by atoms with Gasteiger partial charge in [0, 0.05) is 6.54 Å². The van der Waals surface area contributed by atoms with Gasteiger partial charge in [-0.3, -0.25) is 0 Å². The van der Waals surface area contributed by atoms with Crippen molar-refractivity contribution in [3.63, 3.8) is 0 Å². The summed E-state index contributed by atoms with van der Waals surface area (Å²) in [5.41, 5.74) is 8.74. The maximum absolute atomic E-state index is 9.27. The van der Waals surface area contributed by atoms with Crippen molar-refractivity contribution < 1.29 is 0 Å². The Morgan fingerprint density at radius 3 is 2.89 bits per heavy atom. The van der Waals surface area contributed by atoms with Crippen molar-refractivity contribution in [2.75, 3.05) is 11.9 Å². The van der Waals surface area contributed by atoms with E-state index in [1.165, 1.54) is 19.3 Å². The molecule has 0 aromatic heterocycles. The van der Waals surface area contributed by atoms with Gasteiger partial charge in [0.05, 0.1) is 16.8 Å². The minimum Gasteiger partial charge on any atom is -0.377 e. The molecule has 3 heteroatoms. The lowest BCUT2D eigenvalue weighted by Crippen LogP contribution is -2.52. The van der Waals surface area contributed by atoms with E-state index < -0.39 is 0 Å². The molecule has 0 spiro atoms. The van der Waals surface area contributed by atoms with Crippen LogP contribution in [0.5, 0.6) is 0 Å². The van der Waals surface area contributed by atoms with Gasteiger partial charge in [0.15, 0.2) is 0 Å². The van der Waals surface area contributed by atoms with E-state index in [-0.39, 0.29) is 5.54 Å². The summed E-state index contributed by atoms with van der Waals surface area (Å²) in [5, 5.41) is 12.9. The third-order valence-corrected chi connectivity index (χ3v) is 4.50. The molecule has 1 fully saturated rings. The first-order valence-electron chi connectivity index (χ1n) is 7.10. The lowest BCUT2D eigenvalue weighted by Gasteiger charge is -2.43. The maximum atomic E-state index is 9.27. The molecule has 1 aliphatic carbocycles. The van der Waals surface area contributed by atoms with E-state index in [2.05, 4.69) is 18.3 Å². The SMILES string of the molecule is Cc1ccc(NC2(CN)CCCCC2C)c(C#N)c1. The summed E-state index contributed by atoms with van der Waals surface area (Å²) in [6.45, 7) is 4.89. The van der Waals surface area contributed by atoms with Gasteiger partial charge in [-0.05, 0) is 43.4 Å². The van der Waals surface area contributed by atoms with Crippen LogP contribution < -0.4 is 11.1 Å². The molecule has 1 saturated carbocycles. The topological polar surface area (TPSA) is 61.8 Å². The molecule has 2 unspecified atom stereocenters. The minimum absolute atomic E-state index is 0.0564. The largest absolute Gasteiger partial charge is 0.377 e. The summed E-state index contributed by atoms with van der Waals surface area (Å²) >= 11 is 0. The zero-order valence-corrected chi connectivity index (χ0v) is 11.9. The zero-order chi connectivity index (χ0) is 13.9. The zero-order valence-electron chi connectivity index (χ0n) is 11.9. The first-order valence-corrected chi connectivity index (χ1v) is 7.10. The van der Waals surface area contributed by atoms with Crippen molar-refractivity contribution in [1.82, 2.24) is 0 Å². The van der Waals surface area contributed by atoms with Crippen molar-refractivity contribution in [2.45, 2.75) is 45.1 Å². The minimum atomic E-state index is -0.0564. The first-order chi connectivity index (χ1) is 9.11. The number of benzene rings is 1. The highest BCUT2D eigenvalue weighted by Gasteiger charge is 2.37. The number of aryl methyl sites for hydroxylation is 1. The molecular weight excluding hydrogens is 234 g/mol. The molecule has 19 heavy (non-hydrogen) atoms. The lowest BCUT2D eigenvalue weighted by atomic mass is 9.73. The van der Waals surface area contributed by atoms with Crippen molar-refractivity contribution in [3.8, 4) is 6.07 Å². The van der Waals surface area contributed by atoms with Crippen LogP contribution in [0, 0.1) is 24.2 Å². The van der Waals surface area contributed by atoms with Gasteiger partial charge in [-0.1, -0.05) is 25.8 Å². The number of nitrogens with two attached hydrogens (primary N) is 1. The number of anilines is 1. The van der Waals surface area contributed by atoms with Gasteiger partial charge >= 0.3 is 0 Å². The molecule has 0 aliphatic heterocycles. The quantitative estimate of drug-likeness (QED) is 0.874. The average molecular weight is 257 g/mol. The molecule has 0 saturated heterocycles. The Morgan fingerprint density at radius 1 is 1.47 bits per heavy atom. The van der Waals surface area contributed by atoms with Gasteiger partial charge < -0.3 is 11.1 Å². The Bertz CT molecular complexity index is 489. The number of nitriles is 1. The van der Waals surface area contributed by atoms with Crippen LogP contribution in [0.25, 0.3) is 0 Å². The van der Waals surface area contributed by atoms with E-state index in [1.807, 2.05) is 25.1 Å². The summed E-state index contributed by atoms with van der Waals surface area (Å²) in [7, 11) is 0. The number of nitrogens with one attached hydrogen (secondary N) is 1. The Kier molecular flexibility index (Phi) is 4.11. The van der Waals surface area contributed by atoms with Crippen LogP contribution in [0.4, 0.5) is 5.69 Å². The van der Waals surface area contributed by atoms with Crippen molar-refractivity contribution in [2.24, 2.45) is 11.7 Å². The fourth-order valence-electron chi connectivity index (χ4n) is 3.08. The fourth-order valence-corrected chi connectivity index (χ4v) is 3.08. The van der Waals surface area contributed by atoms with Gasteiger partial charge in [0.1, 0.15) is 6.07 Å². The maximum Gasteiger partial charge on any atom is 0.101 e. The van der Waals surface area contributed by atoms with Crippen LogP contribution in [0.1, 0.15) is 43.7 Å². The highest BCUT2D eigenvalue weighted by Crippen LogP contribution is 2.36. The van der Waals surface area contributed by atoms with E-state index >= 15 is 0 Å². The van der Waals surface area contributed by atoms with Crippen molar-refractivity contribution >= 4 is 5.69 Å². The van der Waals surface area contributed by atoms with Gasteiger partial charge in [0.25, 0.3) is 0 Å². The van der Waals surface area contributed by atoms with E-state index in [0.717, 1.165) is 17.7 Å². The van der Waals surface area contributed by atoms with Crippen LogP contribution in [-0.4, -0.2) is 12.1 Å². The predicted octanol–water partition coefficient (Wildman–Crippen LogP) is 3.19. The lowest BCUT2D eigenvalue weighted by molar-refractivity contribution is 0.235. The molecule has 0 radical (unpaired) electrons. The van der Waals surface area contributed by atoms with Crippen LogP contribution >= 0.6 is 0 Å². The van der Waals surface area contributed by atoms with E-state index in [9.17, 15) is 5.26 Å². The summed E-state index contributed by atoms with van der Waals surface area (Å²) in [5.74, 6) is 0.541. The molecule has 2 rings (SSSR count). The number of hydrogen-bond acceptors (Lipinski definition) is 3. The predicted molar refractivity (Wildman–Crippen MR) is 78.9 cm³/mol. The Hall–Kier alpha value is -1.53. The second-order valence-corrected chi connectivity index (χ2v) is 5.79. The third kappa shape index (κ3) is 2.74. The molecule has 3 nitrogen and oxygen atoms in total. The van der Waals surface area contributed by atoms with Crippen LogP contribution in [-0.2, 0) is 0 Å². The Labute approximate surface area is 115 Å². The third-order valence-electron chi connectivity index (χ3n) is 4.50. The van der Waals surface area contributed by atoms with E-state index in [4.69, 9.17) is 5.73 Å². The monoisotopic (exact) mass is 257 g/mol. The molecule has 0 bridgehead atoms. The second-order valence-electron chi connectivity index (χ2n) is 5.79. The Balaban J connectivity index is 2.30. The Morgan fingerprint density at radius 2 is 2.26 bits per heavy atom. The first kappa shape index (κ1) is 13.9. The normalized spacial score (nSPS) is 26.7. The molecule has 1 aliphatic rings. The average Bonchev–Trinajstić information content (AvgIpc) is 2.43. The highest BCUT2D eigenvalue weighted by atomic mass is 15.0. The number of hydrogen-bond donors (Lipinski definition) is 2. The molecule has 0 heterocycles. The standard InChI is InChI=1S/C16H23N3/c1-12-6-7-15(14(9-12)10-17)19-16(11-18)8-4-3-5-13(16)2/h6-7,9,13,19H,3-5,8,11,18H2,1-2H3. The summed E-state index contributed by atoms with van der Waals surface area (Å²) < 4.78 is 0. The molecular formula is C16H23N3. The summed E-state index contributed by atoms with van der Waals surface area (Å²) in [4.78, 5) is 0. The summed E-state index contributed by atoms with van der Waals surface area (Å²) in [6.07, 6.45) is 4.78. The highest BCUT2D eigenvalue weighted by molar-refractivity contribution is 5.60. The summed E-state index contributed by atoms with van der Waals surface area (Å²) in [6, 6.07) is 8.26. The number of nitrogens with zero attached hydrogens (tertiary/aromatic N) is 1. The van der Waals surface area contributed by atoms with Gasteiger partial charge in [-0.25, -0.2) is 0 Å². The smallest absolute Gasteiger partial charge is 0.101 e. The van der Waals surface area contributed by atoms with E-state index in [0.29, 0.717) is 18.0 Å². The van der Waals surface area contributed by atoms with Crippen molar-refractivity contribution in [3.05, 3.63) is 29.3 Å². The van der Waals surface area contributed by atoms with Crippen LogP contribution in [0.2, 0.25) is 0 Å². The van der Waals surface area contributed by atoms with E-state index in [1.54, 1.807) is 0 Å². The van der Waals surface area contributed by atoms with Gasteiger partial charge in [-0.2, -0.15) is 5.26 Å². The molecule has 1 aromatic rings. The molecule has 3 N–H and O–H groups in total. The molecule has 0 amide bonds. The van der Waals surface area contributed by atoms with Gasteiger partial charge in [-0.15, -0.1) is 0 Å². The second kappa shape index (κ2) is 5.63. The van der Waals surface area contributed by atoms with Crippen molar-refractivity contribution in [1.29, 1.82) is 5.26 Å². The van der Waals surface area contributed by atoms with Crippen LogP contribution in [0.15, 0.2) is 18.2 Å². The molecule has 2 atom stereocenters. The number of rotatable bonds is 3. The molecule has 1 aromatic carbocycles. The van der Waals surface area contributed by atoms with Gasteiger partial charge in [0.2, 0.25) is 0 Å². The molecule has 102 valence electrons.